The van der Waals surface area contributed by atoms with Gasteiger partial charge in [-0.25, -0.2) is 4.39 Å². The van der Waals surface area contributed by atoms with E-state index in [-0.39, 0.29) is 35.3 Å². The number of hydrogen-bond acceptors (Lipinski definition) is 6. The van der Waals surface area contributed by atoms with Crippen LogP contribution in [0.4, 0.5) is 15.8 Å². The molecule has 2 heterocycles. The molecule has 1 aliphatic heterocycles. The van der Waals surface area contributed by atoms with E-state index in [1.54, 1.807) is 29.2 Å². The SMILES string of the molecule is CC(C)([SiH3])[Si](C)(C)OC1CCCN(c2ccc(NCC(O)CNC(=O)c3ccc(Cl)s3)c(F)c2)C1=O. The van der Waals surface area contributed by atoms with E-state index < -0.39 is 26.3 Å². The van der Waals surface area contributed by atoms with Gasteiger partial charge < -0.3 is 25.1 Å². The average molecular weight is 572 g/mol. The van der Waals surface area contributed by atoms with Crippen molar-refractivity contribution in [1.82, 2.24) is 5.32 Å². The molecule has 1 aliphatic rings. The van der Waals surface area contributed by atoms with E-state index in [0.717, 1.165) is 28.0 Å². The Morgan fingerprint density at radius 1 is 1.36 bits per heavy atom. The minimum absolute atomic E-state index is 0.00143. The van der Waals surface area contributed by atoms with E-state index in [4.69, 9.17) is 16.0 Å². The second kappa shape index (κ2) is 11.7. The molecule has 36 heavy (non-hydrogen) atoms. The Morgan fingerprint density at radius 3 is 2.69 bits per heavy atom. The minimum atomic E-state index is -2.06. The summed E-state index contributed by atoms with van der Waals surface area (Å²) in [5.41, 5.74) is 0.695. The van der Waals surface area contributed by atoms with Crippen LogP contribution in [-0.4, -0.2) is 67.3 Å². The summed E-state index contributed by atoms with van der Waals surface area (Å²) in [6.07, 6.45) is 0.0487. The second-order valence-corrected chi connectivity index (χ2v) is 20.5. The molecular weight excluding hydrogens is 537 g/mol. The highest BCUT2D eigenvalue weighted by atomic mass is 35.5. The van der Waals surface area contributed by atoms with E-state index in [1.165, 1.54) is 6.07 Å². The van der Waals surface area contributed by atoms with Crippen molar-refractivity contribution in [2.45, 2.75) is 56.7 Å². The van der Waals surface area contributed by atoms with Crippen LogP contribution in [0.25, 0.3) is 0 Å². The number of carbonyl (C=O) groups excluding carboxylic acids is 2. The molecule has 0 spiro atoms. The molecule has 3 rings (SSSR count). The first-order valence-electron chi connectivity index (χ1n) is 12.0. The number of piperidine rings is 1. The highest BCUT2D eigenvalue weighted by molar-refractivity contribution is 7.18. The van der Waals surface area contributed by atoms with Gasteiger partial charge >= 0.3 is 0 Å². The molecule has 0 radical (unpaired) electrons. The number of nitrogens with zero attached hydrogens (tertiary/aromatic N) is 1. The quantitative estimate of drug-likeness (QED) is 0.379. The molecule has 0 bridgehead atoms. The number of carbonyl (C=O) groups is 2. The van der Waals surface area contributed by atoms with Crippen molar-refractivity contribution in [1.29, 1.82) is 0 Å². The predicted molar refractivity (Wildman–Crippen MR) is 150 cm³/mol. The highest BCUT2D eigenvalue weighted by Crippen LogP contribution is 2.36. The van der Waals surface area contributed by atoms with Gasteiger partial charge in [0.2, 0.25) is 0 Å². The lowest BCUT2D eigenvalue weighted by Crippen LogP contribution is -2.53. The van der Waals surface area contributed by atoms with E-state index in [2.05, 4.69) is 37.6 Å². The third-order valence-electron chi connectivity index (χ3n) is 6.72. The maximum Gasteiger partial charge on any atom is 0.261 e. The fourth-order valence-corrected chi connectivity index (χ4v) is 6.19. The van der Waals surface area contributed by atoms with Crippen LogP contribution in [0.15, 0.2) is 30.3 Å². The fourth-order valence-electron chi connectivity index (χ4n) is 3.59. The van der Waals surface area contributed by atoms with Crippen molar-refractivity contribution in [3.05, 3.63) is 45.4 Å². The van der Waals surface area contributed by atoms with Gasteiger partial charge in [-0.1, -0.05) is 25.4 Å². The van der Waals surface area contributed by atoms with Gasteiger partial charge in [0.25, 0.3) is 11.8 Å². The number of thiophene rings is 1. The minimum Gasteiger partial charge on any atom is -0.405 e. The number of aliphatic hydroxyl groups excluding tert-OH is 1. The fraction of sp³-hybridized carbons (Fsp3) is 0.500. The lowest BCUT2D eigenvalue weighted by molar-refractivity contribution is -0.127. The Balaban J connectivity index is 1.56. The standard InChI is InChI=1S/C24H35ClFN3O4SSi2/c1-24(2,35)36(3,4)33-19-6-5-11-29(23(19)32)15-7-8-18(17(26)12-15)27-13-16(30)14-28-22(31)20-9-10-21(25)34-20/h7-10,12,16,19,27,30H,5-6,11,13-14H2,1-4,35H3,(H,28,31). The number of benzene rings is 1. The molecule has 3 N–H and O–H groups in total. The summed E-state index contributed by atoms with van der Waals surface area (Å²) in [7, 11) is -1.08. The zero-order valence-corrected chi connectivity index (χ0v) is 25.9. The Bertz CT molecular complexity index is 1100. The molecule has 12 heteroatoms. The van der Waals surface area contributed by atoms with E-state index in [9.17, 15) is 19.1 Å². The van der Waals surface area contributed by atoms with Gasteiger partial charge in [0.05, 0.1) is 21.0 Å². The molecule has 2 unspecified atom stereocenters. The van der Waals surface area contributed by atoms with Gasteiger partial charge in [0.15, 0.2) is 8.32 Å². The van der Waals surface area contributed by atoms with E-state index >= 15 is 0 Å². The zero-order chi connectivity index (χ0) is 26.7. The van der Waals surface area contributed by atoms with Gasteiger partial charge in [-0.2, -0.15) is 0 Å². The number of aliphatic hydroxyl groups is 1. The van der Waals surface area contributed by atoms with Crippen LogP contribution in [0.5, 0.6) is 0 Å². The van der Waals surface area contributed by atoms with Crippen molar-refractivity contribution >= 4 is 64.7 Å². The van der Waals surface area contributed by atoms with Crippen LogP contribution in [0.2, 0.25) is 22.1 Å². The van der Waals surface area contributed by atoms with E-state index in [1.807, 2.05) is 0 Å². The Hall–Kier alpha value is -1.77. The van der Waals surface area contributed by atoms with Crippen LogP contribution in [0, 0.1) is 5.82 Å². The van der Waals surface area contributed by atoms with Gasteiger partial charge in [-0.05, 0) is 60.9 Å². The number of hydrogen-bond donors (Lipinski definition) is 3. The van der Waals surface area contributed by atoms with Gasteiger partial charge in [-0.15, -0.1) is 11.3 Å². The van der Waals surface area contributed by atoms with Gasteiger partial charge in [-0.3, -0.25) is 9.59 Å². The van der Waals surface area contributed by atoms with Crippen molar-refractivity contribution in [3.63, 3.8) is 0 Å². The molecule has 198 valence electrons. The van der Waals surface area contributed by atoms with Crippen molar-refractivity contribution in [2.75, 3.05) is 29.9 Å². The Kier molecular flexibility index (Phi) is 9.39. The molecule has 0 aliphatic carbocycles. The van der Waals surface area contributed by atoms with Crippen molar-refractivity contribution in [2.24, 2.45) is 0 Å². The molecule has 1 fully saturated rings. The molecule has 2 atom stereocenters. The van der Waals surface area contributed by atoms with Crippen LogP contribution < -0.4 is 15.5 Å². The molecule has 7 nitrogen and oxygen atoms in total. The molecule has 1 aromatic carbocycles. The van der Waals surface area contributed by atoms with Crippen LogP contribution in [-0.2, 0) is 9.22 Å². The van der Waals surface area contributed by atoms with Gasteiger partial charge in [0.1, 0.15) is 11.9 Å². The average Bonchev–Trinajstić information content (AvgIpc) is 3.23. The molecule has 0 saturated carbocycles. The van der Waals surface area contributed by atoms with Gasteiger partial charge in [0, 0.05) is 35.6 Å². The summed E-state index contributed by atoms with van der Waals surface area (Å²) in [5, 5.41) is 15.7. The Labute approximate surface area is 224 Å². The number of rotatable bonds is 10. The Morgan fingerprint density at radius 2 is 2.08 bits per heavy atom. The van der Waals surface area contributed by atoms with E-state index in [0.29, 0.717) is 27.9 Å². The maximum absolute atomic E-state index is 14.9. The summed E-state index contributed by atoms with van der Waals surface area (Å²) < 4.78 is 21.9. The van der Waals surface area contributed by atoms with Crippen molar-refractivity contribution in [3.8, 4) is 0 Å². The zero-order valence-electron chi connectivity index (χ0n) is 21.4. The summed E-state index contributed by atoms with van der Waals surface area (Å²) >= 11 is 6.99. The maximum atomic E-state index is 14.9. The largest absolute Gasteiger partial charge is 0.405 e. The van der Waals surface area contributed by atoms with Crippen LogP contribution >= 0.6 is 22.9 Å². The lowest BCUT2D eigenvalue weighted by atomic mass is 10.1. The smallest absolute Gasteiger partial charge is 0.261 e. The molecule has 2 aromatic rings. The topological polar surface area (TPSA) is 90.9 Å². The summed E-state index contributed by atoms with van der Waals surface area (Å²) in [6.45, 7) is 9.26. The number of nitrogens with one attached hydrogen (secondary N) is 2. The first kappa shape index (κ1) is 28.8. The molecule has 1 saturated heterocycles. The lowest BCUT2D eigenvalue weighted by Gasteiger charge is -2.41. The molecular formula is C24H35ClFN3O4SSi2. The third-order valence-corrected chi connectivity index (χ3v) is 16.0. The normalized spacial score (nSPS) is 17.8. The predicted octanol–water partition coefficient (Wildman–Crippen LogP) is 3.56. The molecule has 1 aromatic heterocycles. The summed E-state index contributed by atoms with van der Waals surface area (Å²) in [4.78, 5) is 27.3. The first-order chi connectivity index (χ1) is 16.8. The summed E-state index contributed by atoms with van der Waals surface area (Å²) in [6, 6.07) is 7.82. The monoisotopic (exact) mass is 571 g/mol. The number of amides is 2. The summed E-state index contributed by atoms with van der Waals surface area (Å²) in [5.74, 6) is -0.972. The van der Waals surface area contributed by atoms with Crippen LogP contribution in [0.3, 0.4) is 0 Å². The number of anilines is 2. The second-order valence-electron chi connectivity index (χ2n) is 10.5. The third kappa shape index (κ3) is 7.17. The van der Waals surface area contributed by atoms with Crippen LogP contribution in [0.1, 0.15) is 36.4 Å². The first-order valence-corrected chi connectivity index (χ1v) is 17.1. The molecule has 2 amide bonds. The number of halogens is 2. The van der Waals surface area contributed by atoms with Crippen molar-refractivity contribution < 1.29 is 23.5 Å². The highest BCUT2D eigenvalue weighted by Gasteiger charge is 2.42.